The summed E-state index contributed by atoms with van der Waals surface area (Å²) in [5.74, 6) is -1.60. The van der Waals surface area contributed by atoms with E-state index in [9.17, 15) is 9.59 Å². The van der Waals surface area contributed by atoms with Crippen LogP contribution in [0.5, 0.6) is 0 Å². The van der Waals surface area contributed by atoms with Crippen LogP contribution in [0.15, 0.2) is 12.7 Å². The van der Waals surface area contributed by atoms with Crippen LogP contribution in [-0.2, 0) is 14.3 Å². The molecule has 2 unspecified atom stereocenters. The molecule has 0 aliphatic heterocycles. The topological polar surface area (TPSA) is 102 Å². The Balaban J connectivity index is 4.17. The number of nitrogens with one attached hydrogen (secondary N) is 1. The minimum absolute atomic E-state index is 0.165. The Hall–Kier alpha value is -1.40. The number of hydrogen-bond donors (Lipinski definition) is 3. The fourth-order valence-corrected chi connectivity index (χ4v) is 1.04. The van der Waals surface area contributed by atoms with Gasteiger partial charge in [-0.2, -0.15) is 0 Å². The lowest BCUT2D eigenvalue weighted by Crippen LogP contribution is -2.48. The molecular formula is C10H18N2O4. The molecule has 2 atom stereocenters. The maximum Gasteiger partial charge on any atom is 0.326 e. The first kappa shape index (κ1) is 14.6. The number of carbonyl (C=O) groups excluding carboxylic acids is 1. The molecule has 0 saturated heterocycles. The van der Waals surface area contributed by atoms with Crippen molar-refractivity contribution in [2.45, 2.75) is 24.9 Å². The van der Waals surface area contributed by atoms with Crippen LogP contribution in [0.25, 0.3) is 0 Å². The van der Waals surface area contributed by atoms with Crippen LogP contribution in [0.2, 0.25) is 0 Å². The summed E-state index contributed by atoms with van der Waals surface area (Å²) in [7, 11) is 1.50. The first-order valence-electron chi connectivity index (χ1n) is 4.91. The van der Waals surface area contributed by atoms with E-state index in [4.69, 9.17) is 15.6 Å². The molecule has 0 aliphatic carbocycles. The van der Waals surface area contributed by atoms with Gasteiger partial charge in [-0.15, -0.1) is 6.58 Å². The summed E-state index contributed by atoms with van der Waals surface area (Å²) in [6.45, 7) is 3.77. The van der Waals surface area contributed by atoms with Crippen molar-refractivity contribution in [3.63, 3.8) is 0 Å². The van der Waals surface area contributed by atoms with E-state index in [-0.39, 0.29) is 6.42 Å². The highest BCUT2D eigenvalue weighted by Gasteiger charge is 2.21. The minimum Gasteiger partial charge on any atom is -0.480 e. The average molecular weight is 230 g/mol. The Bertz CT molecular complexity index is 255. The first-order chi connectivity index (χ1) is 7.52. The Morgan fingerprint density at radius 2 is 2.25 bits per heavy atom. The molecule has 4 N–H and O–H groups in total. The zero-order chi connectivity index (χ0) is 12.6. The number of ether oxygens (including phenoxy) is 1. The number of hydrogen-bond acceptors (Lipinski definition) is 4. The van der Waals surface area contributed by atoms with Crippen molar-refractivity contribution in [2.24, 2.45) is 5.73 Å². The molecule has 0 radical (unpaired) electrons. The second-order valence-corrected chi connectivity index (χ2v) is 3.31. The lowest BCUT2D eigenvalue weighted by Gasteiger charge is -2.16. The lowest BCUT2D eigenvalue weighted by molar-refractivity contribution is -0.141. The second-order valence-electron chi connectivity index (χ2n) is 3.31. The van der Waals surface area contributed by atoms with Gasteiger partial charge in [-0.05, 0) is 12.8 Å². The standard InChI is InChI=1S/C10H18N2O4/c1-3-4-8(10(14)15)12-9(13)7(11)5-6-16-2/h3,7-8H,1,4-6,11H2,2H3,(H,12,13)(H,14,15). The third-order valence-electron chi connectivity index (χ3n) is 1.99. The fraction of sp³-hybridized carbons (Fsp3) is 0.600. The van der Waals surface area contributed by atoms with E-state index < -0.39 is 24.0 Å². The number of aliphatic carboxylic acids is 1. The SMILES string of the molecule is C=CCC(NC(=O)C(N)CCOC)C(=O)O. The molecule has 0 bridgehead atoms. The van der Waals surface area contributed by atoms with E-state index in [0.717, 1.165) is 0 Å². The van der Waals surface area contributed by atoms with E-state index in [1.54, 1.807) is 0 Å². The summed E-state index contributed by atoms with van der Waals surface area (Å²) in [6, 6.07) is -1.73. The molecule has 0 rings (SSSR count). The van der Waals surface area contributed by atoms with Crippen molar-refractivity contribution in [3.8, 4) is 0 Å². The molecule has 0 aromatic carbocycles. The van der Waals surface area contributed by atoms with Crippen molar-refractivity contribution >= 4 is 11.9 Å². The van der Waals surface area contributed by atoms with Crippen LogP contribution >= 0.6 is 0 Å². The van der Waals surface area contributed by atoms with Crippen LogP contribution in [0.3, 0.4) is 0 Å². The summed E-state index contributed by atoms with van der Waals surface area (Å²) >= 11 is 0. The molecule has 92 valence electrons. The molecule has 1 amide bonds. The summed E-state index contributed by atoms with van der Waals surface area (Å²) in [4.78, 5) is 22.2. The van der Waals surface area contributed by atoms with Gasteiger partial charge in [-0.3, -0.25) is 4.79 Å². The third kappa shape index (κ3) is 5.47. The number of amides is 1. The predicted molar refractivity (Wildman–Crippen MR) is 58.8 cm³/mol. The van der Waals surface area contributed by atoms with Gasteiger partial charge in [0.05, 0.1) is 6.04 Å². The van der Waals surface area contributed by atoms with E-state index in [1.807, 2.05) is 0 Å². The quantitative estimate of drug-likeness (QED) is 0.488. The van der Waals surface area contributed by atoms with Crippen LogP contribution in [0, 0.1) is 0 Å². The molecule has 0 aromatic heterocycles. The number of carboxylic acid groups (broad SMARTS) is 1. The summed E-state index contributed by atoms with van der Waals surface area (Å²) < 4.78 is 4.77. The molecule has 0 spiro atoms. The Kier molecular flexibility index (Phi) is 7.15. The van der Waals surface area contributed by atoms with E-state index >= 15 is 0 Å². The highest BCUT2D eigenvalue weighted by Crippen LogP contribution is 1.96. The van der Waals surface area contributed by atoms with Crippen LogP contribution in [-0.4, -0.2) is 42.8 Å². The average Bonchev–Trinajstić information content (AvgIpc) is 2.24. The first-order valence-corrected chi connectivity index (χ1v) is 4.91. The smallest absolute Gasteiger partial charge is 0.326 e. The Labute approximate surface area is 94.5 Å². The largest absolute Gasteiger partial charge is 0.480 e. The predicted octanol–water partition coefficient (Wildman–Crippen LogP) is -0.504. The molecule has 0 saturated carbocycles. The third-order valence-corrected chi connectivity index (χ3v) is 1.99. The van der Waals surface area contributed by atoms with Crippen LogP contribution in [0.4, 0.5) is 0 Å². The monoisotopic (exact) mass is 230 g/mol. The van der Waals surface area contributed by atoms with Crippen LogP contribution in [0.1, 0.15) is 12.8 Å². The van der Waals surface area contributed by atoms with Crippen molar-refractivity contribution in [3.05, 3.63) is 12.7 Å². The van der Waals surface area contributed by atoms with Crippen LogP contribution < -0.4 is 11.1 Å². The lowest BCUT2D eigenvalue weighted by atomic mass is 10.1. The highest BCUT2D eigenvalue weighted by molar-refractivity contribution is 5.86. The second kappa shape index (κ2) is 7.84. The Morgan fingerprint density at radius 3 is 2.69 bits per heavy atom. The maximum atomic E-state index is 11.4. The van der Waals surface area contributed by atoms with E-state index in [2.05, 4.69) is 11.9 Å². The van der Waals surface area contributed by atoms with E-state index in [0.29, 0.717) is 13.0 Å². The molecule has 0 heterocycles. The van der Waals surface area contributed by atoms with Gasteiger partial charge in [0, 0.05) is 13.7 Å². The molecule has 0 aliphatic rings. The number of rotatable bonds is 8. The molecule has 0 aromatic rings. The fourth-order valence-electron chi connectivity index (χ4n) is 1.04. The van der Waals surface area contributed by atoms with Gasteiger partial charge in [0.1, 0.15) is 6.04 Å². The van der Waals surface area contributed by atoms with Gasteiger partial charge in [0.2, 0.25) is 5.91 Å². The van der Waals surface area contributed by atoms with Gasteiger partial charge >= 0.3 is 5.97 Å². The zero-order valence-corrected chi connectivity index (χ0v) is 9.31. The van der Waals surface area contributed by atoms with Gasteiger partial charge in [-0.25, -0.2) is 4.79 Å². The van der Waals surface area contributed by atoms with Gasteiger partial charge in [0.25, 0.3) is 0 Å². The normalized spacial score (nSPS) is 13.9. The maximum absolute atomic E-state index is 11.4. The number of carboxylic acids is 1. The van der Waals surface area contributed by atoms with E-state index in [1.165, 1.54) is 13.2 Å². The van der Waals surface area contributed by atoms with Crippen molar-refractivity contribution < 1.29 is 19.4 Å². The molecule has 6 nitrogen and oxygen atoms in total. The molecule has 0 fully saturated rings. The van der Waals surface area contributed by atoms with Gasteiger partial charge < -0.3 is 20.9 Å². The summed E-state index contributed by atoms with van der Waals surface area (Å²) in [6.07, 6.45) is 1.95. The zero-order valence-electron chi connectivity index (χ0n) is 9.31. The van der Waals surface area contributed by atoms with Crippen molar-refractivity contribution in [1.82, 2.24) is 5.32 Å². The highest BCUT2D eigenvalue weighted by atomic mass is 16.5. The van der Waals surface area contributed by atoms with Gasteiger partial charge in [0.15, 0.2) is 0 Å². The molecular weight excluding hydrogens is 212 g/mol. The number of methoxy groups -OCH3 is 1. The van der Waals surface area contributed by atoms with Crippen molar-refractivity contribution in [2.75, 3.05) is 13.7 Å². The number of carbonyl (C=O) groups is 2. The molecule has 6 heteroatoms. The summed E-state index contributed by atoms with van der Waals surface area (Å²) in [5.41, 5.74) is 5.54. The molecule has 16 heavy (non-hydrogen) atoms. The van der Waals surface area contributed by atoms with Crippen molar-refractivity contribution in [1.29, 1.82) is 0 Å². The minimum atomic E-state index is -1.10. The Morgan fingerprint density at radius 1 is 1.62 bits per heavy atom. The number of nitrogens with two attached hydrogens (primary N) is 1. The van der Waals surface area contributed by atoms with Gasteiger partial charge in [-0.1, -0.05) is 6.08 Å². The summed E-state index contributed by atoms with van der Waals surface area (Å²) in [5, 5.41) is 11.1.